The number of carbonyl (C=O) groups excluding carboxylic acids is 1. The van der Waals surface area contributed by atoms with E-state index in [1.54, 1.807) is 24.3 Å². The Morgan fingerprint density at radius 1 is 1.40 bits per heavy atom. The monoisotopic (exact) mass is 348 g/mol. The number of carbonyl (C=O) groups is 2. The predicted molar refractivity (Wildman–Crippen MR) is 84.8 cm³/mol. The van der Waals surface area contributed by atoms with Crippen molar-refractivity contribution in [3.8, 4) is 0 Å². The third-order valence-electron chi connectivity index (χ3n) is 3.29. The maximum atomic E-state index is 11.8. The van der Waals surface area contributed by atoms with Gasteiger partial charge in [-0.25, -0.2) is 9.59 Å². The number of carboxylic acids is 1. The van der Waals surface area contributed by atoms with Gasteiger partial charge in [-0.05, 0) is 12.5 Å². The van der Waals surface area contributed by atoms with Gasteiger partial charge in [0.2, 0.25) is 0 Å². The molecular weight excluding hydrogens is 332 g/mol. The number of nitro groups is 1. The van der Waals surface area contributed by atoms with Crippen LogP contribution in [0.3, 0.4) is 0 Å². The van der Waals surface area contributed by atoms with Crippen LogP contribution in [0.2, 0.25) is 0 Å². The first-order chi connectivity index (χ1) is 11.9. The number of amides is 1. The molecule has 2 rings (SSSR count). The van der Waals surface area contributed by atoms with Crippen molar-refractivity contribution < 1.29 is 24.4 Å². The first kappa shape index (κ1) is 17.9. The number of aryl methyl sites for hydroxylation is 1. The van der Waals surface area contributed by atoms with Crippen molar-refractivity contribution in [3.05, 3.63) is 57.9 Å². The molecule has 1 heterocycles. The Morgan fingerprint density at radius 3 is 2.64 bits per heavy atom. The zero-order chi connectivity index (χ0) is 18.4. The van der Waals surface area contributed by atoms with Gasteiger partial charge in [-0.15, -0.1) is 0 Å². The van der Waals surface area contributed by atoms with Crippen LogP contribution < -0.4 is 5.32 Å². The largest absolute Gasteiger partial charge is 0.480 e. The van der Waals surface area contributed by atoms with Gasteiger partial charge in [0, 0.05) is 0 Å². The first-order valence-corrected chi connectivity index (χ1v) is 7.25. The highest BCUT2D eigenvalue weighted by molar-refractivity contribution is 5.79. The highest BCUT2D eigenvalue weighted by Gasteiger charge is 2.24. The van der Waals surface area contributed by atoms with Gasteiger partial charge in [-0.2, -0.15) is 5.10 Å². The van der Waals surface area contributed by atoms with Gasteiger partial charge in [0.15, 0.2) is 0 Å². The molecule has 1 unspecified atom stereocenters. The van der Waals surface area contributed by atoms with E-state index in [-0.39, 0.29) is 24.5 Å². The summed E-state index contributed by atoms with van der Waals surface area (Å²) in [6, 6.07) is 7.55. The maximum absolute atomic E-state index is 11.8. The third-order valence-corrected chi connectivity index (χ3v) is 3.29. The van der Waals surface area contributed by atoms with E-state index in [2.05, 4.69) is 10.4 Å². The highest BCUT2D eigenvalue weighted by atomic mass is 16.6. The number of nitrogens with zero attached hydrogens (tertiary/aromatic N) is 3. The summed E-state index contributed by atoms with van der Waals surface area (Å²) >= 11 is 0. The van der Waals surface area contributed by atoms with Crippen molar-refractivity contribution in [2.75, 3.05) is 0 Å². The number of aromatic nitrogens is 2. The van der Waals surface area contributed by atoms with Gasteiger partial charge in [0.05, 0.1) is 11.5 Å². The topological polar surface area (TPSA) is 137 Å². The number of hydrogen-bond donors (Lipinski definition) is 2. The van der Waals surface area contributed by atoms with Crippen molar-refractivity contribution in [1.82, 2.24) is 15.1 Å². The van der Waals surface area contributed by atoms with Crippen molar-refractivity contribution in [2.45, 2.75) is 26.1 Å². The summed E-state index contributed by atoms with van der Waals surface area (Å²) in [4.78, 5) is 33.2. The van der Waals surface area contributed by atoms with Gasteiger partial charge in [-0.3, -0.25) is 14.8 Å². The van der Waals surface area contributed by atoms with Crippen molar-refractivity contribution in [3.63, 3.8) is 0 Å². The molecule has 1 aromatic heterocycles. The molecule has 0 aliphatic heterocycles. The summed E-state index contributed by atoms with van der Waals surface area (Å²) in [6.45, 7) is 1.15. The molecule has 132 valence electrons. The number of alkyl carbamates (subject to hydrolysis) is 1. The Hall–Kier alpha value is -3.43. The summed E-state index contributed by atoms with van der Waals surface area (Å²) in [5.74, 6) is -1.31. The summed E-state index contributed by atoms with van der Waals surface area (Å²) in [7, 11) is 0. The fourth-order valence-corrected chi connectivity index (χ4v) is 2.06. The average Bonchev–Trinajstić information content (AvgIpc) is 2.94. The van der Waals surface area contributed by atoms with Crippen LogP contribution in [0.1, 0.15) is 11.3 Å². The average molecular weight is 348 g/mol. The van der Waals surface area contributed by atoms with E-state index >= 15 is 0 Å². The molecule has 0 saturated carbocycles. The lowest BCUT2D eigenvalue weighted by atomic mass is 10.2. The van der Waals surface area contributed by atoms with Crippen LogP contribution in [0, 0.1) is 17.0 Å². The molecule has 10 heteroatoms. The lowest BCUT2D eigenvalue weighted by molar-refractivity contribution is -0.385. The van der Waals surface area contributed by atoms with Crippen molar-refractivity contribution in [2.24, 2.45) is 0 Å². The van der Waals surface area contributed by atoms with Gasteiger partial charge in [-0.1, -0.05) is 30.3 Å². The molecule has 1 atom stereocenters. The number of carboxylic acid groups (broad SMARTS) is 1. The van der Waals surface area contributed by atoms with E-state index < -0.39 is 23.0 Å². The molecule has 2 N–H and O–H groups in total. The SMILES string of the molecule is Cc1nn(CC(NC(=O)OCc2ccccc2)C(=O)O)cc1[N+](=O)[O-]. The summed E-state index contributed by atoms with van der Waals surface area (Å²) in [6.07, 6.45) is 0.206. The number of nitrogens with one attached hydrogen (secondary N) is 1. The second-order valence-electron chi connectivity index (χ2n) is 5.18. The minimum Gasteiger partial charge on any atom is -0.480 e. The summed E-state index contributed by atoms with van der Waals surface area (Å²) < 4.78 is 6.06. The summed E-state index contributed by atoms with van der Waals surface area (Å²) in [5, 5.41) is 26.1. The van der Waals surface area contributed by atoms with Gasteiger partial charge in [0.25, 0.3) is 0 Å². The molecular formula is C15H16N4O6. The van der Waals surface area contributed by atoms with Crippen molar-refractivity contribution in [1.29, 1.82) is 0 Å². The molecule has 0 aliphatic rings. The first-order valence-electron chi connectivity index (χ1n) is 7.25. The fourth-order valence-electron chi connectivity index (χ4n) is 2.06. The maximum Gasteiger partial charge on any atom is 0.408 e. The molecule has 0 spiro atoms. The predicted octanol–water partition coefficient (Wildman–Crippen LogP) is 1.48. The van der Waals surface area contributed by atoms with Crippen LogP contribution in [-0.2, 0) is 22.7 Å². The van der Waals surface area contributed by atoms with E-state index in [4.69, 9.17) is 4.74 Å². The van der Waals surface area contributed by atoms with Crippen LogP contribution >= 0.6 is 0 Å². The Labute approximate surface area is 142 Å². The lowest BCUT2D eigenvalue weighted by Crippen LogP contribution is -2.44. The third kappa shape index (κ3) is 5.03. The second kappa shape index (κ2) is 7.90. The number of aliphatic carboxylic acids is 1. The number of ether oxygens (including phenoxy) is 1. The minimum atomic E-state index is -1.35. The summed E-state index contributed by atoms with van der Waals surface area (Å²) in [5.41, 5.74) is 0.680. The quantitative estimate of drug-likeness (QED) is 0.571. The van der Waals surface area contributed by atoms with Gasteiger partial charge < -0.3 is 15.2 Å². The molecule has 1 aromatic carbocycles. The molecule has 0 aliphatic carbocycles. The number of rotatable bonds is 7. The van der Waals surface area contributed by atoms with Crippen LogP contribution in [0.25, 0.3) is 0 Å². The minimum absolute atomic E-state index is 0.00857. The second-order valence-corrected chi connectivity index (χ2v) is 5.18. The zero-order valence-corrected chi connectivity index (χ0v) is 13.3. The zero-order valence-electron chi connectivity index (χ0n) is 13.3. The van der Waals surface area contributed by atoms with E-state index in [0.29, 0.717) is 0 Å². The molecule has 2 aromatic rings. The molecule has 0 saturated heterocycles. The Bertz CT molecular complexity index is 774. The Kier molecular flexibility index (Phi) is 5.66. The number of benzene rings is 1. The van der Waals surface area contributed by atoms with Crippen LogP contribution in [0.15, 0.2) is 36.5 Å². The molecule has 0 bridgehead atoms. The lowest BCUT2D eigenvalue weighted by Gasteiger charge is -2.14. The van der Waals surface area contributed by atoms with E-state index in [0.717, 1.165) is 16.4 Å². The smallest absolute Gasteiger partial charge is 0.408 e. The molecule has 0 fully saturated rings. The Morgan fingerprint density at radius 2 is 2.08 bits per heavy atom. The Balaban J connectivity index is 1.96. The molecule has 25 heavy (non-hydrogen) atoms. The van der Waals surface area contributed by atoms with Gasteiger partial charge >= 0.3 is 17.7 Å². The molecule has 10 nitrogen and oxygen atoms in total. The van der Waals surface area contributed by atoms with E-state index in [1.165, 1.54) is 6.92 Å². The number of hydrogen-bond acceptors (Lipinski definition) is 6. The van der Waals surface area contributed by atoms with Crippen LogP contribution in [0.4, 0.5) is 10.5 Å². The van der Waals surface area contributed by atoms with Crippen LogP contribution in [0.5, 0.6) is 0 Å². The van der Waals surface area contributed by atoms with Gasteiger partial charge in [0.1, 0.15) is 24.5 Å². The van der Waals surface area contributed by atoms with Crippen LogP contribution in [-0.4, -0.2) is 37.9 Å². The van der Waals surface area contributed by atoms with Crippen molar-refractivity contribution >= 4 is 17.7 Å². The highest BCUT2D eigenvalue weighted by Crippen LogP contribution is 2.15. The van der Waals surface area contributed by atoms with E-state index in [9.17, 15) is 24.8 Å². The van der Waals surface area contributed by atoms with E-state index in [1.807, 2.05) is 6.07 Å². The fraction of sp³-hybridized carbons (Fsp3) is 0.267. The standard InChI is InChI=1S/C15H16N4O6/c1-10-13(19(23)24)8-18(17-10)7-12(14(20)21)16-15(22)25-9-11-5-3-2-4-6-11/h2-6,8,12H,7,9H2,1H3,(H,16,22)(H,20,21). The molecule has 1 amide bonds. The molecule has 0 radical (unpaired) electrons. The normalized spacial score (nSPS) is 11.6.